The van der Waals surface area contributed by atoms with Crippen LogP contribution in [0.1, 0.15) is 58.2 Å². The number of methoxy groups -OCH3 is 1. The van der Waals surface area contributed by atoms with Crippen LogP contribution in [0.25, 0.3) is 269 Å². The van der Waals surface area contributed by atoms with Crippen LogP contribution < -0.4 is 5.32 Å². The zero-order chi connectivity index (χ0) is 51.9. The summed E-state index contributed by atoms with van der Waals surface area (Å²) in [5.74, 6) is -0.269. The van der Waals surface area contributed by atoms with Crippen molar-refractivity contribution in [3.63, 3.8) is 0 Å². The second-order valence-electron chi connectivity index (χ2n) is 33.0. The Kier molecular flexibility index (Phi) is 2.84. The summed E-state index contributed by atoms with van der Waals surface area (Å²) >= 11 is 0. The number of amides is 1. The van der Waals surface area contributed by atoms with E-state index in [-0.39, 0.29) is 34.7 Å². The van der Waals surface area contributed by atoms with E-state index in [9.17, 15) is 0 Å². The second kappa shape index (κ2) is 7.32. The molecule has 4 heterocycles. The van der Waals surface area contributed by atoms with Gasteiger partial charge in [-0.15, -0.1) is 0 Å². The average molecular weight is 1070 g/mol. The molecule has 2 bridgehead atoms. The molecule has 27 aromatic carbocycles. The first kappa shape index (κ1) is 33.3. The Balaban J connectivity index is 1.00. The molecule has 2 saturated heterocycles. The number of nitrogens with one attached hydrogen (secondary N) is 1. The summed E-state index contributed by atoms with van der Waals surface area (Å²) in [7, 11) is 1.61. The summed E-state index contributed by atoms with van der Waals surface area (Å²) < 4.78 is 6.44. The van der Waals surface area contributed by atoms with Crippen molar-refractivity contribution in [1.82, 2.24) is 4.90 Å². The van der Waals surface area contributed by atoms with Crippen molar-refractivity contribution in [2.75, 3.05) is 19.0 Å². The van der Waals surface area contributed by atoms with Crippen LogP contribution in [0, 0.1) is 16.7 Å². The third kappa shape index (κ3) is 1.62. The lowest BCUT2D eigenvalue weighted by Crippen LogP contribution is -2.81. The molecule has 10 atom stereocenters. The molecule has 5 heteroatoms. The zero-order valence-electron chi connectivity index (χ0n) is 44.6. The van der Waals surface area contributed by atoms with Gasteiger partial charge in [-0.3, -0.25) is 14.5 Å². The van der Waals surface area contributed by atoms with E-state index in [1.54, 1.807) is 310 Å². The number of benzene rings is 18. The summed E-state index contributed by atoms with van der Waals surface area (Å²) in [6, 6.07) is 9.05. The predicted molar refractivity (Wildman–Crippen MR) is 342 cm³/mol. The van der Waals surface area contributed by atoms with Gasteiger partial charge in [0.1, 0.15) is 0 Å². The normalized spacial score (nSPS) is 36.0. The van der Waals surface area contributed by atoms with Crippen molar-refractivity contribution in [3.8, 4) is 0 Å². The Labute approximate surface area is 472 Å². The summed E-state index contributed by atoms with van der Waals surface area (Å²) in [6.07, 6.45) is 7.98. The van der Waals surface area contributed by atoms with Gasteiger partial charge in [-0.25, -0.2) is 0 Å². The molecule has 372 valence electrons. The van der Waals surface area contributed by atoms with E-state index in [2.05, 4.69) is 46.6 Å². The number of rotatable bonds is 1. The van der Waals surface area contributed by atoms with Crippen LogP contribution in [0.3, 0.4) is 0 Å². The number of nitrogens with zero attached hydrogens (tertiary/aromatic N) is 1. The first-order chi connectivity index (χ1) is 42.6. The fourth-order valence-corrected chi connectivity index (χ4v) is 35.6. The summed E-state index contributed by atoms with van der Waals surface area (Å²) in [4.78, 5) is 36.5. The van der Waals surface area contributed by atoms with Gasteiger partial charge in [0.15, 0.2) is 5.41 Å². The lowest BCUT2D eigenvalue weighted by atomic mass is 9.24. The van der Waals surface area contributed by atoms with E-state index >= 15 is 9.59 Å². The van der Waals surface area contributed by atoms with Gasteiger partial charge in [-0.2, -0.15) is 0 Å². The van der Waals surface area contributed by atoms with E-state index < -0.39 is 32.6 Å². The van der Waals surface area contributed by atoms with Gasteiger partial charge in [0.2, 0.25) is 5.91 Å². The number of anilines is 1. The first-order valence-electron chi connectivity index (χ1n) is 32.5. The minimum absolute atomic E-state index is 0.0104. The van der Waals surface area contributed by atoms with Crippen LogP contribution in [-0.2, 0) is 41.4 Å². The summed E-state index contributed by atoms with van der Waals surface area (Å²) in [5, 5.41) is 85.3. The molecular formula is C81H20N2O3. The number of fused-ring (bicyclic) bond motifs is 1. The van der Waals surface area contributed by atoms with Crippen LogP contribution in [0.4, 0.5) is 5.69 Å². The number of esters is 1. The van der Waals surface area contributed by atoms with Gasteiger partial charge in [0.25, 0.3) is 0 Å². The van der Waals surface area contributed by atoms with Crippen LogP contribution in [0.5, 0.6) is 0 Å². The Morgan fingerprint density at radius 2 is 0.884 bits per heavy atom. The first-order valence-corrected chi connectivity index (χ1v) is 32.5. The van der Waals surface area contributed by atoms with E-state index in [0.29, 0.717) is 6.42 Å². The number of hydrogen-bond acceptors (Lipinski definition) is 4. The maximum absolute atomic E-state index is 16.8. The molecule has 86 heavy (non-hydrogen) atoms. The van der Waals surface area contributed by atoms with E-state index in [0.717, 1.165) is 25.1 Å². The topological polar surface area (TPSA) is 58.6 Å². The second-order valence-corrected chi connectivity index (χ2v) is 33.0. The highest BCUT2D eigenvalue weighted by Crippen LogP contribution is 3.07. The molecular weight excluding hydrogens is 1050 g/mol. The molecule has 27 aromatic rings. The molecule has 13 aliphatic rings. The number of carbonyl (C=O) groups excluding carboxylic acids is 2. The minimum Gasteiger partial charge on any atom is -0.468 e. The maximum Gasteiger partial charge on any atom is 0.322 e. The monoisotopic (exact) mass is 1070 g/mol. The Morgan fingerprint density at radius 1 is 0.477 bits per heavy atom. The molecule has 1 N–H and O–H groups in total. The highest BCUT2D eigenvalue weighted by atomic mass is 16.5. The molecule has 5 fully saturated rings. The third-order valence-electron chi connectivity index (χ3n) is 34.4. The zero-order valence-corrected chi connectivity index (χ0v) is 44.6. The van der Waals surface area contributed by atoms with Crippen molar-refractivity contribution < 1.29 is 14.3 Å². The molecule has 5 nitrogen and oxygen atoms in total. The third-order valence-corrected chi connectivity index (χ3v) is 34.4. The number of carbonyl (C=O) groups is 2. The summed E-state index contributed by atoms with van der Waals surface area (Å²) in [5.41, 5.74) is 7.20. The minimum atomic E-state index is -1.46. The highest BCUT2D eigenvalue weighted by molar-refractivity contribution is 6.81. The van der Waals surface area contributed by atoms with Gasteiger partial charge in [0.05, 0.1) is 18.1 Å². The van der Waals surface area contributed by atoms with Crippen molar-refractivity contribution in [1.29, 1.82) is 0 Å². The molecule has 1 amide bonds. The summed E-state index contributed by atoms with van der Waals surface area (Å²) in [6.45, 7) is 0.844. The molecule has 3 saturated carbocycles. The maximum atomic E-state index is 16.8. The quantitative estimate of drug-likeness (QED) is 0.0770. The van der Waals surface area contributed by atoms with Gasteiger partial charge in [-0.1, -0.05) is 30.4 Å². The van der Waals surface area contributed by atoms with Crippen molar-refractivity contribution >= 4 is 287 Å². The smallest absolute Gasteiger partial charge is 0.322 e. The van der Waals surface area contributed by atoms with Gasteiger partial charge in [-0.05, 0) is 340 Å². The van der Waals surface area contributed by atoms with Gasteiger partial charge >= 0.3 is 5.97 Å². The van der Waals surface area contributed by atoms with Crippen molar-refractivity contribution in [2.45, 2.75) is 57.9 Å². The van der Waals surface area contributed by atoms with Gasteiger partial charge < -0.3 is 10.1 Å². The highest BCUT2D eigenvalue weighted by Gasteiger charge is 3.10. The SMILES string of the molecule is COC(=O)[C@@]12C[C@@]34C=C[C@@H]5N6CC[C@@]1(c1ccccc1NC2=O)[C@@]63C12c3c6c7c8c9c%10c%11c%12c(c%13c%14c%15c(c%16c3c3c%17c6c6c8c8c9c9c%11c%11c%18c%12c%14c%12c%14c%15c%15c%16c3c3c%16c%17c6c6c8c8c9c%11c9c(c%18%12)c%11c%14c%15c3c3c%16c6c8c9c%113)C%1351)C%101C[C@@H]4C712. The molecule has 40 rings (SSSR count). The molecule has 0 aromatic heterocycles. The fourth-order valence-electron chi connectivity index (χ4n) is 35.6. The van der Waals surface area contributed by atoms with Gasteiger partial charge in [0, 0.05) is 45.3 Å². The Hall–Kier alpha value is -9.42. The lowest BCUT2D eigenvalue weighted by molar-refractivity contribution is -0.165. The number of hydrogen-bond donors (Lipinski definition) is 1. The number of ether oxygens (including phenoxy) is 1. The fraction of sp³-hybridized carbons (Fsp3) is 0.185. The van der Waals surface area contributed by atoms with E-state index in [4.69, 9.17) is 4.74 Å². The molecule has 4 aliphatic heterocycles. The van der Waals surface area contributed by atoms with Crippen LogP contribution in [-0.4, -0.2) is 42.0 Å². The van der Waals surface area contributed by atoms with Crippen LogP contribution in [0.2, 0.25) is 0 Å². The lowest BCUT2D eigenvalue weighted by Gasteiger charge is -2.76. The molecule has 9 aliphatic carbocycles. The van der Waals surface area contributed by atoms with Crippen molar-refractivity contribution in [3.05, 3.63) is 75.4 Å². The van der Waals surface area contributed by atoms with Crippen LogP contribution >= 0.6 is 0 Å². The predicted octanol–water partition coefficient (Wildman–Crippen LogP) is 17.0. The molecule has 4 unspecified atom stereocenters. The average Bonchev–Trinajstić information content (AvgIpc) is 1.33. The number of para-hydroxylation sites is 1. The standard InChI is InChI=1S/C81H20N2O3/c1-86-73(85)76-11-74-7-6-15-78-67-59-51-44-34-26-19-17-16-18-20-21(19)28-32(26)45(51)53-47-36(28)35-27(20)31-25(18)33-29-22(16)24-23(17)30(34)39-41-37(24)40-38(29)48-42(33)49-43(31)52-46(35)56(47)65-68-61(52)57(49)66-58(48)63-54(40)55(41)64(60(67)50(39)44)71(78)70(63)75(66)10-14(74)79(68,75)80(78,69(65)62(53)59)81(74)77(76,8-9-83(15)81)12-4-2-3-5-13(12)82-72(76)84/h2-7,14-15H,8-11H2,1H3,(H,82,84)/t14-,15-,74+,75?,76-,77-,78?,79?,80?,81-/m0/s1. The Bertz CT molecular complexity index is 8620. The van der Waals surface area contributed by atoms with Crippen LogP contribution in [0.15, 0.2) is 36.4 Å². The van der Waals surface area contributed by atoms with E-state index in [1.165, 1.54) is 5.56 Å². The molecule has 6 spiro atoms. The largest absolute Gasteiger partial charge is 0.468 e. The van der Waals surface area contributed by atoms with E-state index in [1.807, 2.05) is 0 Å². The van der Waals surface area contributed by atoms with Crippen molar-refractivity contribution in [2.24, 2.45) is 16.7 Å². The Morgan fingerprint density at radius 3 is 1.37 bits per heavy atom. The molecule has 0 radical (unpaired) electrons.